The van der Waals surface area contributed by atoms with E-state index in [1.54, 1.807) is 42.5 Å². The van der Waals surface area contributed by atoms with Crippen molar-refractivity contribution in [1.82, 2.24) is 4.98 Å². The highest BCUT2D eigenvalue weighted by Crippen LogP contribution is 2.27. The molecule has 0 spiro atoms. The van der Waals surface area contributed by atoms with Crippen LogP contribution in [-0.4, -0.2) is 40.9 Å². The van der Waals surface area contributed by atoms with Crippen LogP contribution in [0.1, 0.15) is 20.7 Å². The number of nitrogens with zero attached hydrogens (tertiary/aromatic N) is 2. The summed E-state index contributed by atoms with van der Waals surface area (Å²) in [6.07, 6.45) is -0.470. The fourth-order valence-corrected chi connectivity index (χ4v) is 3.10. The van der Waals surface area contributed by atoms with Crippen LogP contribution >= 0.6 is 0 Å². The summed E-state index contributed by atoms with van der Waals surface area (Å²) in [5, 5.41) is 0. The number of amides is 2. The molecule has 1 fully saturated rings. The summed E-state index contributed by atoms with van der Waals surface area (Å²) >= 11 is 0. The number of esters is 2. The Morgan fingerprint density at radius 3 is 1.61 bits per heavy atom. The average Bonchev–Trinajstić information content (AvgIpc) is 3.04. The van der Waals surface area contributed by atoms with Gasteiger partial charge in [0, 0.05) is 6.20 Å². The van der Waals surface area contributed by atoms with Gasteiger partial charge in [0.15, 0.2) is 0 Å². The lowest BCUT2D eigenvalue weighted by Crippen LogP contribution is -2.37. The molecule has 4 rings (SSSR count). The van der Waals surface area contributed by atoms with Crippen molar-refractivity contribution >= 4 is 29.4 Å². The van der Waals surface area contributed by atoms with E-state index >= 15 is 0 Å². The van der Waals surface area contributed by atoms with Crippen LogP contribution in [-0.2, 0) is 19.1 Å². The summed E-state index contributed by atoms with van der Waals surface area (Å²) < 4.78 is 10.7. The topological polar surface area (TPSA) is 103 Å². The molecule has 2 amide bonds. The zero-order valence-electron chi connectivity index (χ0n) is 16.1. The lowest BCUT2D eigenvalue weighted by atomic mass is 10.2. The van der Waals surface area contributed by atoms with Gasteiger partial charge in [0.25, 0.3) is 11.8 Å². The number of carbonyl (C=O) groups excluding carboxylic acids is 4. The maximum Gasteiger partial charge on any atom is 0.339 e. The predicted molar refractivity (Wildman–Crippen MR) is 108 cm³/mol. The number of hydrogen-bond donors (Lipinski definition) is 0. The lowest BCUT2D eigenvalue weighted by molar-refractivity contribution is -0.130. The number of hydrogen-bond acceptors (Lipinski definition) is 7. The average molecular weight is 416 g/mol. The van der Waals surface area contributed by atoms with Crippen LogP contribution in [0.15, 0.2) is 85.2 Å². The zero-order chi connectivity index (χ0) is 21.8. The van der Waals surface area contributed by atoms with Crippen molar-refractivity contribution in [2.24, 2.45) is 0 Å². The Hall–Kier alpha value is -4.33. The first kappa shape index (κ1) is 20.0. The molecule has 154 valence electrons. The first-order valence-corrected chi connectivity index (χ1v) is 9.36. The van der Waals surface area contributed by atoms with Gasteiger partial charge in [-0.2, -0.15) is 0 Å². The molecular weight excluding hydrogens is 400 g/mol. The largest absolute Gasteiger partial charge is 0.444 e. The van der Waals surface area contributed by atoms with Crippen molar-refractivity contribution in [3.63, 3.8) is 0 Å². The molecule has 0 aliphatic carbocycles. The Morgan fingerprint density at radius 2 is 1.19 bits per heavy atom. The molecule has 0 radical (unpaired) electrons. The smallest absolute Gasteiger partial charge is 0.339 e. The maximum atomic E-state index is 13.0. The Bertz CT molecular complexity index is 1050. The zero-order valence-corrected chi connectivity index (χ0v) is 16.1. The van der Waals surface area contributed by atoms with Crippen molar-refractivity contribution < 1.29 is 28.7 Å². The van der Waals surface area contributed by atoms with Crippen molar-refractivity contribution in [3.8, 4) is 0 Å². The first-order valence-electron chi connectivity index (χ1n) is 9.36. The molecule has 8 nitrogen and oxygen atoms in total. The number of anilines is 1. The van der Waals surface area contributed by atoms with E-state index in [0.29, 0.717) is 0 Å². The number of benzene rings is 2. The molecule has 1 saturated heterocycles. The van der Waals surface area contributed by atoms with Crippen molar-refractivity contribution in [3.05, 3.63) is 96.3 Å². The van der Waals surface area contributed by atoms with E-state index in [9.17, 15) is 19.2 Å². The number of carbonyl (C=O) groups is 4. The fraction of sp³-hybridized carbons (Fsp3) is 0.0870. The van der Waals surface area contributed by atoms with Gasteiger partial charge >= 0.3 is 11.9 Å². The molecule has 3 aromatic rings. The van der Waals surface area contributed by atoms with Gasteiger partial charge in [0.1, 0.15) is 0 Å². The highest BCUT2D eigenvalue weighted by Gasteiger charge is 2.53. The molecule has 0 N–H and O–H groups in total. The standard InChI is InChI=1S/C23H16N2O6/c26-20-18(30-22(28)15-8-3-1-4-9-15)19(31-23(29)16-10-5-2-6-11-16)21(27)25(20)17-12-7-13-24-14-17/h1-14,18-19H/t18-,19+. The van der Waals surface area contributed by atoms with E-state index in [4.69, 9.17) is 9.47 Å². The molecule has 2 heterocycles. The number of ether oxygens (including phenoxy) is 2. The quantitative estimate of drug-likeness (QED) is 0.465. The van der Waals surface area contributed by atoms with Crippen molar-refractivity contribution in [1.29, 1.82) is 0 Å². The van der Waals surface area contributed by atoms with Crippen molar-refractivity contribution in [2.75, 3.05) is 4.90 Å². The van der Waals surface area contributed by atoms with Crippen LogP contribution in [0.2, 0.25) is 0 Å². The molecule has 2 atom stereocenters. The van der Waals surface area contributed by atoms with Crippen LogP contribution < -0.4 is 4.90 Å². The molecule has 31 heavy (non-hydrogen) atoms. The molecule has 0 bridgehead atoms. The summed E-state index contributed by atoms with van der Waals surface area (Å²) in [5.74, 6) is -3.29. The van der Waals surface area contributed by atoms with Gasteiger partial charge < -0.3 is 9.47 Å². The molecule has 1 aliphatic rings. The Kier molecular flexibility index (Phi) is 5.53. The third-order valence-electron chi connectivity index (χ3n) is 4.59. The normalized spacial score (nSPS) is 18.0. The van der Waals surface area contributed by atoms with Crippen LogP contribution in [0.4, 0.5) is 5.69 Å². The van der Waals surface area contributed by atoms with Gasteiger partial charge in [-0.1, -0.05) is 36.4 Å². The van der Waals surface area contributed by atoms with E-state index in [0.717, 1.165) is 4.90 Å². The van der Waals surface area contributed by atoms with Gasteiger partial charge in [-0.15, -0.1) is 0 Å². The fourth-order valence-electron chi connectivity index (χ4n) is 3.10. The van der Waals surface area contributed by atoms with E-state index in [-0.39, 0.29) is 16.8 Å². The molecule has 0 unspecified atom stereocenters. The van der Waals surface area contributed by atoms with Gasteiger partial charge in [-0.05, 0) is 36.4 Å². The highest BCUT2D eigenvalue weighted by atomic mass is 16.6. The monoisotopic (exact) mass is 416 g/mol. The molecule has 1 aliphatic heterocycles. The SMILES string of the molecule is O=C(O[C@@H]1C(=O)N(c2cccnc2)C(=O)[C@@H]1OC(=O)c1ccccc1)c1ccccc1. The molecule has 2 aromatic carbocycles. The van der Waals surface area contributed by atoms with Crippen LogP contribution in [0.3, 0.4) is 0 Å². The minimum absolute atomic E-state index is 0.177. The summed E-state index contributed by atoms with van der Waals surface area (Å²) in [6.45, 7) is 0. The second kappa shape index (κ2) is 8.58. The Balaban J connectivity index is 1.64. The van der Waals surface area contributed by atoms with Crippen molar-refractivity contribution in [2.45, 2.75) is 12.2 Å². The third kappa shape index (κ3) is 4.04. The summed E-state index contributed by atoms with van der Waals surface area (Å²) in [7, 11) is 0. The Morgan fingerprint density at radius 1 is 0.710 bits per heavy atom. The summed E-state index contributed by atoms with van der Waals surface area (Å²) in [6, 6.07) is 19.0. The van der Waals surface area contributed by atoms with Gasteiger partial charge in [-0.25, -0.2) is 14.5 Å². The minimum Gasteiger partial charge on any atom is -0.444 e. The summed E-state index contributed by atoms with van der Waals surface area (Å²) in [4.78, 5) is 55.8. The minimum atomic E-state index is -1.63. The van der Waals surface area contributed by atoms with Crippen LogP contribution in [0.25, 0.3) is 0 Å². The number of pyridine rings is 1. The molecule has 0 saturated carbocycles. The van der Waals surface area contributed by atoms with E-state index in [2.05, 4.69) is 4.98 Å². The number of imide groups is 1. The second-order valence-corrected chi connectivity index (χ2v) is 6.61. The van der Waals surface area contributed by atoms with Gasteiger partial charge in [0.2, 0.25) is 12.2 Å². The number of rotatable bonds is 5. The Labute approximate surface area is 177 Å². The van der Waals surface area contributed by atoms with E-state index < -0.39 is 36.0 Å². The summed E-state index contributed by atoms with van der Waals surface area (Å²) in [5.41, 5.74) is 0.558. The highest BCUT2D eigenvalue weighted by molar-refractivity contribution is 6.25. The van der Waals surface area contributed by atoms with Crippen LogP contribution in [0, 0.1) is 0 Å². The van der Waals surface area contributed by atoms with Gasteiger partial charge in [-0.3, -0.25) is 14.6 Å². The third-order valence-corrected chi connectivity index (χ3v) is 4.59. The first-order chi connectivity index (χ1) is 15.1. The van der Waals surface area contributed by atoms with E-state index in [1.165, 1.54) is 42.7 Å². The molecule has 1 aromatic heterocycles. The predicted octanol–water partition coefficient (Wildman–Crippen LogP) is 2.41. The van der Waals surface area contributed by atoms with Crippen LogP contribution in [0.5, 0.6) is 0 Å². The maximum absolute atomic E-state index is 13.0. The molecule has 8 heteroatoms. The second-order valence-electron chi connectivity index (χ2n) is 6.61. The lowest BCUT2D eigenvalue weighted by Gasteiger charge is -2.16. The van der Waals surface area contributed by atoms with E-state index in [1.807, 2.05) is 0 Å². The molecular formula is C23H16N2O6. The van der Waals surface area contributed by atoms with Gasteiger partial charge in [0.05, 0.1) is 23.0 Å². The number of aromatic nitrogens is 1.